The van der Waals surface area contributed by atoms with Crippen molar-refractivity contribution in [2.45, 2.75) is 34.2 Å². The quantitative estimate of drug-likeness (QED) is 0.315. The number of anilines is 1. The number of carbonyl (C=O) groups is 1. The number of pyridine rings is 2. The molecule has 0 aliphatic carbocycles. The van der Waals surface area contributed by atoms with E-state index in [1.54, 1.807) is 16.8 Å². The number of likely N-dealkylation sites (N-methyl/N-ethyl adjacent to an activating group) is 1. The standard InChI is InChI=1S/C27H29N7O2.C2H6/c1-18-7-5-8-20(29-18)17-34-23-10-6-9-22(26(23)19(2)31-34)30-27(35)24-16-28-25-15-21(11-12-33(24)25)36-14-13-32(3)4;1-2/h5-12,15-16H,13-14,17H2,1-4H3,(H,30,35);1-2H3. The molecule has 0 saturated carbocycles. The van der Waals surface area contributed by atoms with E-state index in [1.165, 1.54) is 0 Å². The van der Waals surface area contributed by atoms with E-state index in [2.05, 4.69) is 20.2 Å². The molecule has 1 N–H and O–H groups in total. The maximum atomic E-state index is 13.3. The molecule has 0 spiro atoms. The Morgan fingerprint density at radius 1 is 1.08 bits per heavy atom. The summed E-state index contributed by atoms with van der Waals surface area (Å²) in [5, 5.41) is 8.70. The third-order valence-electron chi connectivity index (χ3n) is 5.98. The molecule has 38 heavy (non-hydrogen) atoms. The number of benzene rings is 1. The highest BCUT2D eigenvalue weighted by molar-refractivity contribution is 6.08. The molecule has 0 aliphatic rings. The number of ether oxygens (including phenoxy) is 1. The van der Waals surface area contributed by atoms with Crippen LogP contribution in [-0.2, 0) is 6.54 Å². The number of hydrogen-bond acceptors (Lipinski definition) is 6. The van der Waals surface area contributed by atoms with Gasteiger partial charge in [-0.1, -0.05) is 26.0 Å². The van der Waals surface area contributed by atoms with E-state index in [9.17, 15) is 4.79 Å². The van der Waals surface area contributed by atoms with Crippen LogP contribution in [-0.4, -0.2) is 62.2 Å². The lowest BCUT2D eigenvalue weighted by atomic mass is 10.1. The molecule has 0 unspecified atom stereocenters. The van der Waals surface area contributed by atoms with Crippen LogP contribution in [0.2, 0.25) is 0 Å². The number of hydrogen-bond donors (Lipinski definition) is 1. The average Bonchev–Trinajstić information content (AvgIpc) is 3.46. The number of rotatable bonds is 8. The first-order chi connectivity index (χ1) is 18.4. The lowest BCUT2D eigenvalue weighted by Gasteiger charge is -2.11. The average molecular weight is 514 g/mol. The van der Waals surface area contributed by atoms with Gasteiger partial charge in [0.25, 0.3) is 5.91 Å². The van der Waals surface area contributed by atoms with Crippen LogP contribution in [0.5, 0.6) is 5.75 Å². The van der Waals surface area contributed by atoms with Gasteiger partial charge in [0.2, 0.25) is 0 Å². The molecule has 0 saturated heterocycles. The van der Waals surface area contributed by atoms with Crippen LogP contribution in [0.25, 0.3) is 16.6 Å². The Morgan fingerprint density at radius 3 is 2.63 bits per heavy atom. The second kappa shape index (κ2) is 11.9. The molecule has 198 valence electrons. The number of nitrogens with one attached hydrogen (secondary N) is 1. The normalized spacial score (nSPS) is 11.0. The molecule has 9 heteroatoms. The second-order valence-corrected chi connectivity index (χ2v) is 9.05. The van der Waals surface area contributed by atoms with Crippen molar-refractivity contribution in [1.82, 2.24) is 29.0 Å². The van der Waals surface area contributed by atoms with Gasteiger partial charge in [0.15, 0.2) is 0 Å². The first-order valence-corrected chi connectivity index (χ1v) is 12.8. The summed E-state index contributed by atoms with van der Waals surface area (Å²) in [6, 6.07) is 15.5. The molecule has 1 amide bonds. The summed E-state index contributed by atoms with van der Waals surface area (Å²) >= 11 is 0. The summed E-state index contributed by atoms with van der Waals surface area (Å²) in [5.41, 5.74) is 5.47. The zero-order chi connectivity index (χ0) is 27.2. The van der Waals surface area contributed by atoms with Crippen molar-refractivity contribution in [1.29, 1.82) is 0 Å². The lowest BCUT2D eigenvalue weighted by Crippen LogP contribution is -2.19. The van der Waals surface area contributed by atoms with Crippen LogP contribution in [0.1, 0.15) is 41.4 Å². The van der Waals surface area contributed by atoms with E-state index < -0.39 is 0 Å². The Bertz CT molecular complexity index is 1550. The van der Waals surface area contributed by atoms with Gasteiger partial charge in [-0.2, -0.15) is 5.10 Å². The highest BCUT2D eigenvalue weighted by Gasteiger charge is 2.17. The van der Waals surface area contributed by atoms with Crippen LogP contribution in [0.3, 0.4) is 0 Å². The van der Waals surface area contributed by atoms with Crippen molar-refractivity contribution in [2.24, 2.45) is 0 Å². The number of fused-ring (bicyclic) bond motifs is 2. The van der Waals surface area contributed by atoms with E-state index in [1.807, 2.05) is 95.0 Å². The van der Waals surface area contributed by atoms with Crippen LogP contribution in [0.15, 0.2) is 60.9 Å². The van der Waals surface area contributed by atoms with Gasteiger partial charge in [-0.3, -0.25) is 18.9 Å². The van der Waals surface area contributed by atoms with Gasteiger partial charge < -0.3 is 15.0 Å². The first kappa shape index (κ1) is 26.8. The molecule has 5 aromatic rings. The van der Waals surface area contributed by atoms with Crippen molar-refractivity contribution in [3.05, 3.63) is 83.7 Å². The monoisotopic (exact) mass is 513 g/mol. The zero-order valence-corrected chi connectivity index (χ0v) is 22.9. The largest absolute Gasteiger partial charge is 0.492 e. The van der Waals surface area contributed by atoms with Crippen LogP contribution < -0.4 is 10.1 Å². The molecular formula is C29H35N7O2. The van der Waals surface area contributed by atoms with Crippen molar-refractivity contribution >= 4 is 28.1 Å². The Balaban J connectivity index is 0.00000164. The molecular weight excluding hydrogens is 478 g/mol. The highest BCUT2D eigenvalue weighted by atomic mass is 16.5. The molecule has 9 nitrogen and oxygen atoms in total. The predicted octanol–water partition coefficient (Wildman–Crippen LogP) is 4.96. The van der Waals surface area contributed by atoms with Crippen molar-refractivity contribution in [2.75, 3.05) is 32.6 Å². The fraction of sp³-hybridized carbons (Fsp3) is 0.310. The molecule has 4 heterocycles. The SMILES string of the molecule is CC.Cc1cccc(Cn2nc(C)c3c(NC(=O)c4cnc5cc(OCCN(C)C)ccn45)cccc32)n1. The van der Waals surface area contributed by atoms with Crippen molar-refractivity contribution in [3.63, 3.8) is 0 Å². The van der Waals surface area contributed by atoms with Gasteiger partial charge in [0, 0.05) is 29.9 Å². The molecule has 0 radical (unpaired) electrons. The molecule has 0 atom stereocenters. The van der Waals surface area contributed by atoms with Crippen LogP contribution in [0, 0.1) is 13.8 Å². The minimum atomic E-state index is -0.247. The third kappa shape index (κ3) is 5.84. The van der Waals surface area contributed by atoms with Gasteiger partial charge in [-0.15, -0.1) is 0 Å². The van der Waals surface area contributed by atoms with Crippen LogP contribution in [0.4, 0.5) is 5.69 Å². The van der Waals surface area contributed by atoms with Gasteiger partial charge in [0.05, 0.1) is 35.3 Å². The predicted molar refractivity (Wildman–Crippen MR) is 151 cm³/mol. The highest BCUT2D eigenvalue weighted by Crippen LogP contribution is 2.28. The fourth-order valence-corrected chi connectivity index (χ4v) is 4.24. The zero-order valence-electron chi connectivity index (χ0n) is 22.9. The molecule has 0 aliphatic heterocycles. The van der Waals surface area contributed by atoms with E-state index in [-0.39, 0.29) is 5.91 Å². The van der Waals surface area contributed by atoms with Crippen LogP contribution >= 0.6 is 0 Å². The number of imidazole rings is 1. The Hall–Kier alpha value is -4.24. The van der Waals surface area contributed by atoms with E-state index in [0.29, 0.717) is 30.2 Å². The van der Waals surface area contributed by atoms with Gasteiger partial charge in [-0.25, -0.2) is 4.98 Å². The Labute approximate surface area is 223 Å². The Kier molecular flexibility index (Phi) is 8.38. The number of nitrogens with zero attached hydrogens (tertiary/aromatic N) is 6. The summed E-state index contributed by atoms with van der Waals surface area (Å²) in [4.78, 5) is 24.3. The molecule has 0 fully saturated rings. The topological polar surface area (TPSA) is 89.6 Å². The Morgan fingerprint density at radius 2 is 1.87 bits per heavy atom. The number of amides is 1. The second-order valence-electron chi connectivity index (χ2n) is 9.05. The minimum Gasteiger partial charge on any atom is -0.492 e. The summed E-state index contributed by atoms with van der Waals surface area (Å²) in [7, 11) is 4.00. The van der Waals surface area contributed by atoms with E-state index >= 15 is 0 Å². The van der Waals surface area contributed by atoms with Crippen molar-refractivity contribution in [3.8, 4) is 5.75 Å². The summed E-state index contributed by atoms with van der Waals surface area (Å²) in [6.45, 7) is 9.87. The molecule has 5 rings (SSSR count). The van der Waals surface area contributed by atoms with Gasteiger partial charge >= 0.3 is 0 Å². The first-order valence-electron chi connectivity index (χ1n) is 12.8. The molecule has 4 aromatic heterocycles. The lowest BCUT2D eigenvalue weighted by molar-refractivity contribution is 0.102. The minimum absolute atomic E-state index is 0.247. The van der Waals surface area contributed by atoms with Gasteiger partial charge in [0.1, 0.15) is 23.7 Å². The molecule has 1 aromatic carbocycles. The van der Waals surface area contributed by atoms with E-state index in [4.69, 9.17) is 9.84 Å². The summed E-state index contributed by atoms with van der Waals surface area (Å²) < 4.78 is 9.48. The van der Waals surface area contributed by atoms with Crippen molar-refractivity contribution < 1.29 is 9.53 Å². The fourth-order valence-electron chi connectivity index (χ4n) is 4.24. The summed E-state index contributed by atoms with van der Waals surface area (Å²) in [6.07, 6.45) is 3.38. The smallest absolute Gasteiger partial charge is 0.274 e. The number of aryl methyl sites for hydroxylation is 2. The maximum absolute atomic E-state index is 13.3. The number of carbonyl (C=O) groups excluding carboxylic acids is 1. The summed E-state index contributed by atoms with van der Waals surface area (Å²) in [5.74, 6) is 0.474. The number of aromatic nitrogens is 5. The van der Waals surface area contributed by atoms with Gasteiger partial charge in [-0.05, 0) is 58.3 Å². The molecule has 0 bridgehead atoms. The maximum Gasteiger partial charge on any atom is 0.274 e. The van der Waals surface area contributed by atoms with E-state index in [0.717, 1.165) is 40.3 Å². The third-order valence-corrected chi connectivity index (χ3v) is 5.98.